The quantitative estimate of drug-likeness (QED) is 0.434. The van der Waals surface area contributed by atoms with Gasteiger partial charge < -0.3 is 20.3 Å². The Morgan fingerprint density at radius 3 is 2.75 bits per heavy atom. The van der Waals surface area contributed by atoms with Crippen molar-refractivity contribution in [1.82, 2.24) is 25.4 Å². The lowest BCUT2D eigenvalue weighted by molar-refractivity contribution is -0.0495. The molecular weight excluding hydrogens is 416 g/mol. The maximum absolute atomic E-state index is 12.7. The second-order valence-electron chi connectivity index (χ2n) is 7.35. The first-order valence-corrected chi connectivity index (χ1v) is 10.3. The van der Waals surface area contributed by atoms with Gasteiger partial charge in [-0.3, -0.25) is 4.99 Å². The number of aromatic nitrogens is 3. The molecule has 168 valence electrons. The predicted octanol–water partition coefficient (Wildman–Crippen LogP) is 2.81. The maximum Gasteiger partial charge on any atom is 0.387 e. The molecule has 1 unspecified atom stereocenters. The SMILES string of the molecule is CN=C(NCc1ccc(-n2cncn2)cc1)NC1CCN(c2ccccc2OC(F)F)C1. The average molecular weight is 441 g/mol. The van der Waals surface area contributed by atoms with Crippen LogP contribution in [-0.4, -0.2) is 53.5 Å². The van der Waals surface area contributed by atoms with Crippen LogP contribution in [0.4, 0.5) is 14.5 Å². The Morgan fingerprint density at radius 1 is 1.22 bits per heavy atom. The van der Waals surface area contributed by atoms with Gasteiger partial charge in [0.1, 0.15) is 18.4 Å². The van der Waals surface area contributed by atoms with Crippen molar-refractivity contribution in [2.24, 2.45) is 4.99 Å². The molecule has 0 radical (unpaired) electrons. The Kier molecular flexibility index (Phi) is 6.78. The van der Waals surface area contributed by atoms with Crippen molar-refractivity contribution in [2.75, 3.05) is 25.0 Å². The third-order valence-corrected chi connectivity index (χ3v) is 5.25. The smallest absolute Gasteiger partial charge is 0.387 e. The zero-order valence-electron chi connectivity index (χ0n) is 17.7. The van der Waals surface area contributed by atoms with Gasteiger partial charge in [-0.2, -0.15) is 13.9 Å². The number of nitrogens with one attached hydrogen (secondary N) is 2. The Bertz CT molecular complexity index is 1030. The topological polar surface area (TPSA) is 79.6 Å². The normalized spacial score (nSPS) is 16.4. The van der Waals surface area contributed by atoms with Crippen LogP contribution in [0.5, 0.6) is 5.75 Å². The van der Waals surface area contributed by atoms with Gasteiger partial charge in [0.05, 0.1) is 11.4 Å². The van der Waals surface area contributed by atoms with Crippen molar-refractivity contribution in [3.8, 4) is 11.4 Å². The fourth-order valence-electron chi connectivity index (χ4n) is 3.69. The van der Waals surface area contributed by atoms with Gasteiger partial charge >= 0.3 is 6.61 Å². The summed E-state index contributed by atoms with van der Waals surface area (Å²) in [5.74, 6) is 0.884. The van der Waals surface area contributed by atoms with E-state index in [1.807, 2.05) is 35.2 Å². The van der Waals surface area contributed by atoms with Gasteiger partial charge in [-0.1, -0.05) is 24.3 Å². The summed E-state index contributed by atoms with van der Waals surface area (Å²) in [6.07, 6.45) is 4.01. The first-order valence-electron chi connectivity index (χ1n) is 10.3. The van der Waals surface area contributed by atoms with E-state index < -0.39 is 6.61 Å². The van der Waals surface area contributed by atoms with E-state index in [9.17, 15) is 8.78 Å². The summed E-state index contributed by atoms with van der Waals surface area (Å²) in [4.78, 5) is 10.3. The van der Waals surface area contributed by atoms with Gasteiger partial charge in [-0.25, -0.2) is 9.67 Å². The largest absolute Gasteiger partial charge is 0.433 e. The highest BCUT2D eigenvalue weighted by Gasteiger charge is 2.26. The van der Waals surface area contributed by atoms with Crippen LogP contribution in [0.25, 0.3) is 5.69 Å². The van der Waals surface area contributed by atoms with E-state index in [1.54, 1.807) is 36.3 Å². The number of ether oxygens (including phenoxy) is 1. The molecule has 0 bridgehead atoms. The monoisotopic (exact) mass is 441 g/mol. The number of nitrogens with zero attached hydrogens (tertiary/aromatic N) is 5. The zero-order chi connectivity index (χ0) is 22.3. The summed E-state index contributed by atoms with van der Waals surface area (Å²) in [7, 11) is 1.72. The summed E-state index contributed by atoms with van der Waals surface area (Å²) < 4.78 is 31.8. The fraction of sp³-hybridized carbons (Fsp3) is 0.318. The Morgan fingerprint density at radius 2 is 2.03 bits per heavy atom. The highest BCUT2D eigenvalue weighted by atomic mass is 19.3. The van der Waals surface area contributed by atoms with E-state index in [0.29, 0.717) is 24.7 Å². The molecule has 0 aliphatic carbocycles. The molecule has 1 fully saturated rings. The van der Waals surface area contributed by atoms with E-state index in [1.165, 1.54) is 6.33 Å². The van der Waals surface area contributed by atoms with Crippen molar-refractivity contribution in [1.29, 1.82) is 0 Å². The molecule has 10 heteroatoms. The lowest BCUT2D eigenvalue weighted by atomic mass is 10.2. The molecule has 1 saturated heterocycles. The Hall–Kier alpha value is -3.69. The van der Waals surface area contributed by atoms with E-state index in [4.69, 9.17) is 0 Å². The first kappa shape index (κ1) is 21.5. The van der Waals surface area contributed by atoms with Crippen molar-refractivity contribution in [2.45, 2.75) is 25.6 Å². The number of halogens is 2. The van der Waals surface area contributed by atoms with Gasteiger partial charge in [-0.15, -0.1) is 0 Å². The number of hydrogen-bond acceptors (Lipinski definition) is 5. The van der Waals surface area contributed by atoms with Crippen molar-refractivity contribution >= 4 is 11.6 Å². The average Bonchev–Trinajstić information content (AvgIpc) is 3.49. The second kappa shape index (κ2) is 10.1. The number of aliphatic imine (C=N–C) groups is 1. The highest BCUT2D eigenvalue weighted by Crippen LogP contribution is 2.31. The highest BCUT2D eigenvalue weighted by molar-refractivity contribution is 5.80. The van der Waals surface area contributed by atoms with Gasteiger partial charge in [0.2, 0.25) is 0 Å². The van der Waals surface area contributed by atoms with E-state index in [-0.39, 0.29) is 11.8 Å². The third kappa shape index (κ3) is 5.32. The molecule has 1 atom stereocenters. The Balaban J connectivity index is 1.30. The summed E-state index contributed by atoms with van der Waals surface area (Å²) in [6, 6.07) is 15.0. The molecule has 4 rings (SSSR count). The van der Waals surface area contributed by atoms with Gasteiger partial charge in [-0.05, 0) is 36.2 Å². The fourth-order valence-corrected chi connectivity index (χ4v) is 3.69. The van der Waals surface area contributed by atoms with Crippen molar-refractivity contribution in [3.05, 3.63) is 66.7 Å². The van der Waals surface area contributed by atoms with Gasteiger partial charge in [0.25, 0.3) is 0 Å². The third-order valence-electron chi connectivity index (χ3n) is 5.25. The van der Waals surface area contributed by atoms with Crippen LogP contribution in [0.2, 0.25) is 0 Å². The van der Waals surface area contributed by atoms with E-state index in [0.717, 1.165) is 24.2 Å². The number of hydrogen-bond donors (Lipinski definition) is 2. The van der Waals surface area contributed by atoms with Crippen LogP contribution < -0.4 is 20.3 Å². The molecule has 8 nitrogen and oxygen atoms in total. The van der Waals surface area contributed by atoms with Crippen LogP contribution in [-0.2, 0) is 6.54 Å². The van der Waals surface area contributed by atoms with Crippen LogP contribution in [0.1, 0.15) is 12.0 Å². The number of guanidine groups is 1. The molecular formula is C22H25F2N7O. The number of para-hydroxylation sites is 2. The minimum absolute atomic E-state index is 0.135. The molecule has 0 amide bonds. The molecule has 0 spiro atoms. The Labute approximate surface area is 184 Å². The van der Waals surface area contributed by atoms with Crippen molar-refractivity contribution < 1.29 is 13.5 Å². The van der Waals surface area contributed by atoms with Gasteiger partial charge in [0, 0.05) is 32.7 Å². The van der Waals surface area contributed by atoms with Crippen LogP contribution in [0, 0.1) is 0 Å². The molecule has 2 N–H and O–H groups in total. The number of rotatable bonds is 7. The molecule has 1 aliphatic rings. The standard InChI is InChI=1S/C22H25F2N7O/c1-25-22(27-12-16-6-8-18(9-7-16)31-15-26-14-28-31)29-17-10-11-30(13-17)19-4-2-3-5-20(19)32-21(23)24/h2-9,14-15,17,21H,10-13H2,1H3,(H2,25,27,29). The van der Waals surface area contributed by atoms with Crippen LogP contribution in [0.3, 0.4) is 0 Å². The summed E-state index contributed by atoms with van der Waals surface area (Å²) in [5, 5.41) is 10.9. The summed E-state index contributed by atoms with van der Waals surface area (Å²) in [6.45, 7) is -0.835. The molecule has 1 aromatic heterocycles. The predicted molar refractivity (Wildman–Crippen MR) is 118 cm³/mol. The molecule has 0 saturated carbocycles. The summed E-state index contributed by atoms with van der Waals surface area (Å²) in [5.41, 5.74) is 2.71. The molecule has 2 heterocycles. The van der Waals surface area contributed by atoms with Crippen molar-refractivity contribution in [3.63, 3.8) is 0 Å². The number of alkyl halides is 2. The summed E-state index contributed by atoms with van der Waals surface area (Å²) >= 11 is 0. The minimum Gasteiger partial charge on any atom is -0.433 e. The maximum atomic E-state index is 12.7. The second-order valence-corrected chi connectivity index (χ2v) is 7.35. The van der Waals surface area contributed by atoms with E-state index in [2.05, 4.69) is 30.4 Å². The minimum atomic E-state index is -2.85. The molecule has 3 aromatic rings. The zero-order valence-corrected chi connectivity index (χ0v) is 17.7. The molecule has 2 aromatic carbocycles. The molecule has 32 heavy (non-hydrogen) atoms. The number of anilines is 1. The molecule has 1 aliphatic heterocycles. The first-order chi connectivity index (χ1) is 15.6. The lowest BCUT2D eigenvalue weighted by Gasteiger charge is -2.22. The lowest BCUT2D eigenvalue weighted by Crippen LogP contribution is -2.44. The van der Waals surface area contributed by atoms with Crippen LogP contribution >= 0.6 is 0 Å². The van der Waals surface area contributed by atoms with Gasteiger partial charge in [0.15, 0.2) is 5.96 Å². The van der Waals surface area contributed by atoms with E-state index >= 15 is 0 Å². The number of benzene rings is 2. The van der Waals surface area contributed by atoms with Crippen LogP contribution in [0.15, 0.2) is 66.2 Å².